The first kappa shape index (κ1) is 13.0. The van der Waals surface area contributed by atoms with Crippen molar-refractivity contribution in [3.8, 4) is 0 Å². The second kappa shape index (κ2) is 5.58. The van der Waals surface area contributed by atoms with E-state index in [-0.39, 0.29) is 0 Å². The molecule has 1 aliphatic rings. The summed E-state index contributed by atoms with van der Waals surface area (Å²) < 4.78 is 0. The Morgan fingerprint density at radius 1 is 1.10 bits per heavy atom. The molecule has 104 valence electrons. The number of aryl methyl sites for hydroxylation is 2. The van der Waals surface area contributed by atoms with Crippen molar-refractivity contribution in [2.24, 2.45) is 0 Å². The van der Waals surface area contributed by atoms with Crippen molar-refractivity contribution in [2.75, 3.05) is 17.2 Å². The van der Waals surface area contributed by atoms with Crippen LogP contribution in [0.4, 0.5) is 11.4 Å². The van der Waals surface area contributed by atoms with E-state index in [1.807, 2.05) is 0 Å². The van der Waals surface area contributed by atoms with Gasteiger partial charge in [-0.05, 0) is 55.0 Å². The van der Waals surface area contributed by atoms with Gasteiger partial charge in [-0.25, -0.2) is 0 Å². The zero-order valence-electron chi connectivity index (χ0n) is 12.1. The Hall–Kier alpha value is -1.96. The molecular weight excluding hydrogens is 244 g/mol. The summed E-state index contributed by atoms with van der Waals surface area (Å²) in [6.07, 6.45) is 3.74. The molecule has 1 aliphatic heterocycles. The molecule has 0 amide bonds. The van der Waals surface area contributed by atoms with E-state index in [1.54, 1.807) is 0 Å². The van der Waals surface area contributed by atoms with Crippen molar-refractivity contribution in [3.05, 3.63) is 59.2 Å². The highest BCUT2D eigenvalue weighted by Crippen LogP contribution is 2.28. The average molecular weight is 266 g/mol. The molecule has 0 atom stereocenters. The SMILES string of the molecule is Cc1ccc(CN2CCCCc3ccccc32)cc1N. The van der Waals surface area contributed by atoms with Gasteiger partial charge >= 0.3 is 0 Å². The molecular formula is C18H22N2. The van der Waals surface area contributed by atoms with E-state index < -0.39 is 0 Å². The van der Waals surface area contributed by atoms with Gasteiger partial charge in [0.05, 0.1) is 0 Å². The van der Waals surface area contributed by atoms with Crippen molar-refractivity contribution < 1.29 is 0 Å². The number of hydrogen-bond acceptors (Lipinski definition) is 2. The zero-order chi connectivity index (χ0) is 13.9. The van der Waals surface area contributed by atoms with Gasteiger partial charge in [0.25, 0.3) is 0 Å². The summed E-state index contributed by atoms with van der Waals surface area (Å²) in [6.45, 7) is 4.13. The summed E-state index contributed by atoms with van der Waals surface area (Å²) in [7, 11) is 0. The molecule has 0 aromatic heterocycles. The molecule has 2 nitrogen and oxygen atoms in total. The Kier molecular flexibility index (Phi) is 3.64. The fourth-order valence-electron chi connectivity index (χ4n) is 2.94. The van der Waals surface area contributed by atoms with Crippen LogP contribution in [0.1, 0.15) is 29.5 Å². The first-order valence-electron chi connectivity index (χ1n) is 7.42. The molecule has 0 saturated carbocycles. The van der Waals surface area contributed by atoms with Gasteiger partial charge in [-0.3, -0.25) is 0 Å². The fraction of sp³-hybridized carbons (Fsp3) is 0.333. The topological polar surface area (TPSA) is 29.3 Å². The molecule has 0 radical (unpaired) electrons. The number of nitrogens with zero attached hydrogens (tertiary/aromatic N) is 1. The number of benzene rings is 2. The first-order chi connectivity index (χ1) is 9.74. The third-order valence-electron chi connectivity index (χ3n) is 4.17. The lowest BCUT2D eigenvalue weighted by atomic mass is 10.1. The Morgan fingerprint density at radius 2 is 1.95 bits per heavy atom. The van der Waals surface area contributed by atoms with Crippen LogP contribution in [0.5, 0.6) is 0 Å². The molecule has 2 heteroatoms. The number of fused-ring (bicyclic) bond motifs is 1. The molecule has 0 bridgehead atoms. The van der Waals surface area contributed by atoms with E-state index in [0.29, 0.717) is 0 Å². The molecule has 2 aromatic rings. The normalized spacial score (nSPS) is 14.8. The Balaban J connectivity index is 1.88. The van der Waals surface area contributed by atoms with Crippen molar-refractivity contribution in [1.29, 1.82) is 0 Å². The maximum Gasteiger partial charge on any atom is 0.0430 e. The number of rotatable bonds is 2. The van der Waals surface area contributed by atoms with Crippen LogP contribution >= 0.6 is 0 Å². The van der Waals surface area contributed by atoms with E-state index >= 15 is 0 Å². The maximum absolute atomic E-state index is 6.03. The lowest BCUT2D eigenvalue weighted by Crippen LogP contribution is -2.23. The summed E-state index contributed by atoms with van der Waals surface area (Å²) in [6, 6.07) is 15.2. The van der Waals surface area contributed by atoms with Crippen molar-refractivity contribution in [1.82, 2.24) is 0 Å². The second-order valence-electron chi connectivity index (χ2n) is 5.70. The van der Waals surface area contributed by atoms with Crippen molar-refractivity contribution >= 4 is 11.4 Å². The quantitative estimate of drug-likeness (QED) is 0.835. The number of para-hydroxylation sites is 1. The molecule has 0 fully saturated rings. The van der Waals surface area contributed by atoms with Crippen LogP contribution in [0.25, 0.3) is 0 Å². The van der Waals surface area contributed by atoms with Crippen LogP contribution in [0, 0.1) is 6.92 Å². The monoisotopic (exact) mass is 266 g/mol. The fourth-order valence-corrected chi connectivity index (χ4v) is 2.94. The molecule has 0 unspecified atom stereocenters. The average Bonchev–Trinajstić information content (AvgIpc) is 2.66. The van der Waals surface area contributed by atoms with Gasteiger partial charge in [0.2, 0.25) is 0 Å². The number of nitrogens with two attached hydrogens (primary N) is 1. The van der Waals surface area contributed by atoms with Crippen LogP contribution in [-0.2, 0) is 13.0 Å². The molecule has 0 saturated heterocycles. The summed E-state index contributed by atoms with van der Waals surface area (Å²) in [5.74, 6) is 0. The van der Waals surface area contributed by atoms with E-state index in [2.05, 4.69) is 54.3 Å². The van der Waals surface area contributed by atoms with Gasteiger partial charge in [-0.2, -0.15) is 0 Å². The highest BCUT2D eigenvalue weighted by molar-refractivity contribution is 5.56. The first-order valence-corrected chi connectivity index (χ1v) is 7.42. The molecule has 0 spiro atoms. The van der Waals surface area contributed by atoms with E-state index in [1.165, 1.54) is 36.1 Å². The van der Waals surface area contributed by atoms with Crippen LogP contribution in [0.3, 0.4) is 0 Å². The van der Waals surface area contributed by atoms with Crippen molar-refractivity contribution in [2.45, 2.75) is 32.7 Å². The van der Waals surface area contributed by atoms with Gasteiger partial charge in [-0.1, -0.05) is 30.3 Å². The minimum atomic E-state index is 0.894. The van der Waals surface area contributed by atoms with Gasteiger partial charge in [-0.15, -0.1) is 0 Å². The highest BCUT2D eigenvalue weighted by Gasteiger charge is 2.15. The van der Waals surface area contributed by atoms with Crippen molar-refractivity contribution in [3.63, 3.8) is 0 Å². The minimum absolute atomic E-state index is 0.894. The van der Waals surface area contributed by atoms with Gasteiger partial charge in [0, 0.05) is 24.5 Å². The minimum Gasteiger partial charge on any atom is -0.399 e. The number of anilines is 2. The Labute approximate surface area is 121 Å². The van der Waals surface area contributed by atoms with Crippen LogP contribution in [-0.4, -0.2) is 6.54 Å². The number of nitrogen functional groups attached to an aromatic ring is 1. The zero-order valence-corrected chi connectivity index (χ0v) is 12.1. The number of hydrogen-bond donors (Lipinski definition) is 1. The predicted octanol–water partition coefficient (Wildman–Crippen LogP) is 3.92. The van der Waals surface area contributed by atoms with Gasteiger partial charge in [0.15, 0.2) is 0 Å². The lowest BCUT2D eigenvalue weighted by molar-refractivity contribution is 0.714. The smallest absolute Gasteiger partial charge is 0.0430 e. The molecule has 2 aromatic carbocycles. The summed E-state index contributed by atoms with van der Waals surface area (Å²) in [5, 5.41) is 0. The second-order valence-corrected chi connectivity index (χ2v) is 5.70. The maximum atomic E-state index is 6.03. The van der Waals surface area contributed by atoms with Crippen LogP contribution in [0.2, 0.25) is 0 Å². The molecule has 1 heterocycles. The highest BCUT2D eigenvalue weighted by atomic mass is 15.1. The third kappa shape index (κ3) is 2.64. The van der Waals surface area contributed by atoms with Gasteiger partial charge in [0.1, 0.15) is 0 Å². The Morgan fingerprint density at radius 3 is 2.80 bits per heavy atom. The molecule has 3 rings (SSSR count). The molecule has 2 N–H and O–H groups in total. The third-order valence-corrected chi connectivity index (χ3v) is 4.17. The van der Waals surface area contributed by atoms with Gasteiger partial charge < -0.3 is 10.6 Å². The largest absolute Gasteiger partial charge is 0.399 e. The predicted molar refractivity (Wildman–Crippen MR) is 86.0 cm³/mol. The summed E-state index contributed by atoms with van der Waals surface area (Å²) in [4.78, 5) is 2.49. The molecule has 20 heavy (non-hydrogen) atoms. The summed E-state index contributed by atoms with van der Waals surface area (Å²) >= 11 is 0. The van der Waals surface area contributed by atoms with E-state index in [4.69, 9.17) is 5.73 Å². The Bertz CT molecular complexity index is 604. The molecule has 0 aliphatic carbocycles. The van der Waals surface area contributed by atoms with Crippen LogP contribution in [0.15, 0.2) is 42.5 Å². The van der Waals surface area contributed by atoms with E-state index in [0.717, 1.165) is 24.3 Å². The van der Waals surface area contributed by atoms with E-state index in [9.17, 15) is 0 Å². The standard InChI is InChI=1S/C18H22N2/c1-14-9-10-15(12-17(14)19)13-20-11-5-4-7-16-6-2-3-8-18(16)20/h2-3,6,8-10,12H,4-5,7,11,13,19H2,1H3. The lowest BCUT2D eigenvalue weighted by Gasteiger charge is -2.25. The van der Waals surface area contributed by atoms with Crippen LogP contribution < -0.4 is 10.6 Å². The summed E-state index contributed by atoms with van der Waals surface area (Å²) in [5.41, 5.74) is 12.2.